The first-order valence-corrected chi connectivity index (χ1v) is 11.9. The molecule has 3 nitrogen and oxygen atoms in total. The highest BCUT2D eigenvalue weighted by Gasteiger charge is 2.48. The highest BCUT2D eigenvalue weighted by Crippen LogP contribution is 2.43. The molecule has 1 aliphatic carbocycles. The summed E-state index contributed by atoms with van der Waals surface area (Å²) in [6.07, 6.45) is 5.57. The Bertz CT molecular complexity index is 848. The number of hydrogen-bond acceptors (Lipinski definition) is 3. The van der Waals surface area contributed by atoms with E-state index in [0.29, 0.717) is 23.8 Å². The lowest BCUT2D eigenvalue weighted by Crippen LogP contribution is -2.48. The Kier molecular flexibility index (Phi) is 5.44. The predicted octanol–water partition coefficient (Wildman–Crippen LogP) is 4.89. The van der Waals surface area contributed by atoms with E-state index in [1.165, 1.54) is 24.5 Å². The van der Waals surface area contributed by atoms with Gasteiger partial charge in [-0.1, -0.05) is 25.0 Å². The molecule has 154 valence electrons. The van der Waals surface area contributed by atoms with Gasteiger partial charge in [0.25, 0.3) is 0 Å². The molecular formula is C24H29FN2OS. The van der Waals surface area contributed by atoms with Crippen molar-refractivity contribution >= 4 is 17.2 Å². The zero-order valence-electron chi connectivity index (χ0n) is 16.8. The summed E-state index contributed by atoms with van der Waals surface area (Å²) in [5.74, 6) is 1.39. The summed E-state index contributed by atoms with van der Waals surface area (Å²) < 4.78 is 13.6. The number of halogens is 1. The zero-order valence-corrected chi connectivity index (χ0v) is 17.6. The fraction of sp³-hybridized carbons (Fsp3) is 0.542. The molecule has 5 rings (SSSR count). The van der Waals surface area contributed by atoms with Crippen molar-refractivity contribution in [3.8, 4) is 0 Å². The van der Waals surface area contributed by atoms with E-state index in [9.17, 15) is 9.18 Å². The summed E-state index contributed by atoms with van der Waals surface area (Å²) in [4.78, 5) is 18.0. The molecule has 3 fully saturated rings. The van der Waals surface area contributed by atoms with Gasteiger partial charge >= 0.3 is 0 Å². The van der Waals surface area contributed by atoms with Crippen molar-refractivity contribution < 1.29 is 9.18 Å². The van der Waals surface area contributed by atoms with Gasteiger partial charge in [0.2, 0.25) is 5.91 Å². The molecule has 1 amide bonds. The van der Waals surface area contributed by atoms with Crippen LogP contribution >= 0.6 is 11.3 Å². The molecule has 1 saturated carbocycles. The number of thiophene rings is 1. The molecule has 0 N–H and O–H groups in total. The van der Waals surface area contributed by atoms with Crippen molar-refractivity contribution in [3.05, 3.63) is 58.0 Å². The third kappa shape index (κ3) is 3.87. The number of hydrogen-bond donors (Lipinski definition) is 0. The minimum atomic E-state index is -0.164. The van der Waals surface area contributed by atoms with Crippen LogP contribution in [0.4, 0.5) is 4.39 Å². The van der Waals surface area contributed by atoms with Crippen molar-refractivity contribution in [2.24, 2.45) is 11.8 Å². The molecule has 2 aliphatic heterocycles. The molecule has 0 radical (unpaired) electrons. The summed E-state index contributed by atoms with van der Waals surface area (Å²) in [6.45, 7) is 3.61. The highest BCUT2D eigenvalue weighted by atomic mass is 32.1. The Morgan fingerprint density at radius 1 is 1.14 bits per heavy atom. The summed E-state index contributed by atoms with van der Waals surface area (Å²) in [7, 11) is 0. The summed E-state index contributed by atoms with van der Waals surface area (Å²) in [5, 5.41) is 4.41. The van der Waals surface area contributed by atoms with Crippen molar-refractivity contribution in [1.82, 2.24) is 9.80 Å². The summed E-state index contributed by atoms with van der Waals surface area (Å²) >= 11 is 1.75. The second kappa shape index (κ2) is 8.19. The fourth-order valence-electron chi connectivity index (χ4n) is 5.84. The molecule has 29 heavy (non-hydrogen) atoms. The van der Waals surface area contributed by atoms with Gasteiger partial charge in [0.15, 0.2) is 0 Å². The van der Waals surface area contributed by atoms with Crippen LogP contribution in [0, 0.1) is 17.7 Å². The SMILES string of the molecule is O=C(C1CCCC1)N1C[C@@H](c2ccsc2)[C@@H]2CN(Cc3cccc(F)c3)CC[C@@H]21. The average Bonchev–Trinajstić information content (AvgIpc) is 3.47. The van der Waals surface area contributed by atoms with Gasteiger partial charge in [-0.2, -0.15) is 11.3 Å². The average molecular weight is 413 g/mol. The Morgan fingerprint density at radius 3 is 2.76 bits per heavy atom. The van der Waals surface area contributed by atoms with E-state index in [1.54, 1.807) is 23.5 Å². The van der Waals surface area contributed by atoms with Crippen LogP contribution in [0.2, 0.25) is 0 Å². The van der Waals surface area contributed by atoms with Gasteiger partial charge in [-0.25, -0.2) is 4.39 Å². The van der Waals surface area contributed by atoms with Gasteiger partial charge in [-0.05, 0) is 59.3 Å². The maximum Gasteiger partial charge on any atom is 0.225 e. The number of rotatable bonds is 4. The molecule has 3 aliphatic rings. The number of carbonyl (C=O) groups excluding carboxylic acids is 1. The Labute approximate surface area is 176 Å². The van der Waals surface area contributed by atoms with Crippen LogP contribution in [0.3, 0.4) is 0 Å². The number of likely N-dealkylation sites (tertiary alicyclic amines) is 2. The number of piperidine rings is 1. The van der Waals surface area contributed by atoms with Gasteiger partial charge < -0.3 is 4.90 Å². The van der Waals surface area contributed by atoms with Crippen molar-refractivity contribution in [1.29, 1.82) is 0 Å². The van der Waals surface area contributed by atoms with Gasteiger partial charge in [0, 0.05) is 50.0 Å². The maximum absolute atomic E-state index is 13.6. The molecular weight excluding hydrogens is 383 g/mol. The minimum absolute atomic E-state index is 0.164. The van der Waals surface area contributed by atoms with Gasteiger partial charge in [0.1, 0.15) is 5.82 Å². The Hall–Kier alpha value is -1.72. The van der Waals surface area contributed by atoms with Crippen LogP contribution in [-0.2, 0) is 11.3 Å². The maximum atomic E-state index is 13.6. The third-order valence-corrected chi connectivity index (χ3v) is 7.97. The molecule has 0 spiro atoms. The van der Waals surface area contributed by atoms with Crippen LogP contribution in [-0.4, -0.2) is 41.4 Å². The number of amides is 1. The minimum Gasteiger partial charge on any atom is -0.338 e. The molecule has 5 heteroatoms. The lowest BCUT2D eigenvalue weighted by molar-refractivity contribution is -0.137. The van der Waals surface area contributed by atoms with E-state index >= 15 is 0 Å². The van der Waals surface area contributed by atoms with E-state index in [0.717, 1.165) is 51.0 Å². The Balaban J connectivity index is 1.35. The van der Waals surface area contributed by atoms with Crippen molar-refractivity contribution in [3.63, 3.8) is 0 Å². The fourth-order valence-corrected chi connectivity index (χ4v) is 6.57. The van der Waals surface area contributed by atoms with Gasteiger partial charge in [-0.15, -0.1) is 0 Å². The standard InChI is InChI=1S/C24H29FN2OS/c25-20-7-3-4-17(12-20)13-26-10-8-23-22(14-26)21(19-9-11-29-16-19)15-27(23)24(28)18-5-1-2-6-18/h3-4,7,9,11-12,16,18,21-23H,1-2,5-6,8,10,13-15H2/t21-,22-,23-/m0/s1. The second-order valence-corrected chi connectivity index (χ2v) is 9.80. The predicted molar refractivity (Wildman–Crippen MR) is 114 cm³/mol. The van der Waals surface area contributed by atoms with Crippen LogP contribution in [0.15, 0.2) is 41.1 Å². The van der Waals surface area contributed by atoms with E-state index in [-0.39, 0.29) is 11.7 Å². The van der Waals surface area contributed by atoms with Crippen molar-refractivity contribution in [2.75, 3.05) is 19.6 Å². The highest BCUT2D eigenvalue weighted by molar-refractivity contribution is 7.08. The normalized spacial score (nSPS) is 28.0. The summed E-state index contributed by atoms with van der Waals surface area (Å²) in [6, 6.07) is 9.55. The monoisotopic (exact) mass is 412 g/mol. The van der Waals surface area contributed by atoms with E-state index < -0.39 is 0 Å². The molecule has 2 aromatic rings. The molecule has 0 bridgehead atoms. The number of nitrogens with zero attached hydrogens (tertiary/aromatic N) is 2. The van der Waals surface area contributed by atoms with Gasteiger partial charge in [-0.3, -0.25) is 9.69 Å². The Morgan fingerprint density at radius 2 is 2.00 bits per heavy atom. The topological polar surface area (TPSA) is 23.6 Å². The first kappa shape index (κ1) is 19.3. The second-order valence-electron chi connectivity index (χ2n) is 9.02. The van der Waals surface area contributed by atoms with E-state index in [1.807, 2.05) is 6.07 Å². The first-order chi connectivity index (χ1) is 14.2. The summed E-state index contributed by atoms with van der Waals surface area (Å²) in [5.41, 5.74) is 2.42. The quantitative estimate of drug-likeness (QED) is 0.714. The number of benzene rings is 1. The molecule has 1 aromatic carbocycles. The van der Waals surface area contributed by atoms with Crippen LogP contribution < -0.4 is 0 Å². The molecule has 2 saturated heterocycles. The number of carbonyl (C=O) groups is 1. The van der Waals surface area contributed by atoms with E-state index in [4.69, 9.17) is 0 Å². The molecule has 3 atom stereocenters. The van der Waals surface area contributed by atoms with Crippen LogP contribution in [0.25, 0.3) is 0 Å². The first-order valence-electron chi connectivity index (χ1n) is 11.0. The zero-order chi connectivity index (χ0) is 19.8. The van der Waals surface area contributed by atoms with Crippen molar-refractivity contribution in [2.45, 2.75) is 50.6 Å². The molecule has 1 aromatic heterocycles. The van der Waals surface area contributed by atoms with Crippen LogP contribution in [0.5, 0.6) is 0 Å². The van der Waals surface area contributed by atoms with E-state index in [2.05, 4.69) is 26.6 Å². The van der Waals surface area contributed by atoms with Crippen LogP contribution in [0.1, 0.15) is 49.1 Å². The van der Waals surface area contributed by atoms with Gasteiger partial charge in [0.05, 0.1) is 0 Å². The number of fused-ring (bicyclic) bond motifs is 1. The lowest BCUT2D eigenvalue weighted by atomic mass is 9.82. The largest absolute Gasteiger partial charge is 0.338 e. The molecule has 3 heterocycles. The third-order valence-electron chi connectivity index (χ3n) is 7.27. The smallest absolute Gasteiger partial charge is 0.225 e. The lowest BCUT2D eigenvalue weighted by Gasteiger charge is -2.39. The molecule has 0 unspecified atom stereocenters.